The Bertz CT molecular complexity index is 190. The van der Waals surface area contributed by atoms with Crippen molar-refractivity contribution in [2.75, 3.05) is 39.8 Å². The summed E-state index contributed by atoms with van der Waals surface area (Å²) in [6, 6.07) is 0.738. The molecule has 3 nitrogen and oxygen atoms in total. The van der Waals surface area contributed by atoms with E-state index in [0.717, 1.165) is 12.0 Å². The van der Waals surface area contributed by atoms with Crippen LogP contribution in [0.25, 0.3) is 0 Å². The van der Waals surface area contributed by atoms with Gasteiger partial charge in [0.2, 0.25) is 0 Å². The highest BCUT2D eigenvalue weighted by Crippen LogP contribution is 2.18. The Labute approximate surface area is 100.0 Å². The third-order valence-corrected chi connectivity index (χ3v) is 4.23. The zero-order valence-electron chi connectivity index (χ0n) is 10.7. The molecule has 0 amide bonds. The molecule has 1 atom stereocenters. The van der Waals surface area contributed by atoms with Gasteiger partial charge in [-0.05, 0) is 71.2 Å². The summed E-state index contributed by atoms with van der Waals surface area (Å²) in [5.41, 5.74) is 0. The van der Waals surface area contributed by atoms with Crippen LogP contribution in [0.5, 0.6) is 0 Å². The Kier molecular flexibility index (Phi) is 5.07. The van der Waals surface area contributed by atoms with Crippen molar-refractivity contribution in [1.82, 2.24) is 15.5 Å². The first-order valence-corrected chi connectivity index (χ1v) is 6.99. The average Bonchev–Trinajstić information content (AvgIpc) is 2.38. The van der Waals surface area contributed by atoms with Crippen LogP contribution in [0, 0.1) is 5.92 Å². The first-order chi connectivity index (χ1) is 7.88. The molecule has 0 spiro atoms. The van der Waals surface area contributed by atoms with Crippen molar-refractivity contribution >= 4 is 0 Å². The largest absolute Gasteiger partial charge is 0.317 e. The van der Waals surface area contributed by atoms with E-state index >= 15 is 0 Å². The molecule has 16 heavy (non-hydrogen) atoms. The minimum Gasteiger partial charge on any atom is -0.317 e. The summed E-state index contributed by atoms with van der Waals surface area (Å²) in [7, 11) is 2.10. The second kappa shape index (κ2) is 6.58. The molecule has 2 fully saturated rings. The average molecular weight is 225 g/mol. The zero-order valence-corrected chi connectivity index (χ0v) is 10.7. The lowest BCUT2D eigenvalue weighted by atomic mass is 9.94. The molecule has 0 aromatic rings. The van der Waals surface area contributed by atoms with Crippen LogP contribution in [-0.4, -0.2) is 50.7 Å². The first-order valence-electron chi connectivity index (χ1n) is 6.99. The van der Waals surface area contributed by atoms with E-state index in [0.29, 0.717) is 0 Å². The summed E-state index contributed by atoms with van der Waals surface area (Å²) >= 11 is 0. The van der Waals surface area contributed by atoms with Gasteiger partial charge in [-0.25, -0.2) is 0 Å². The molecule has 0 aliphatic carbocycles. The van der Waals surface area contributed by atoms with Gasteiger partial charge in [-0.3, -0.25) is 0 Å². The molecule has 0 aromatic heterocycles. The van der Waals surface area contributed by atoms with Gasteiger partial charge in [0, 0.05) is 12.6 Å². The zero-order chi connectivity index (χ0) is 11.2. The number of likely N-dealkylation sites (N-methyl/N-ethyl adjacent to an activating group) is 1. The molecule has 2 aliphatic heterocycles. The van der Waals surface area contributed by atoms with Gasteiger partial charge < -0.3 is 15.5 Å². The highest BCUT2D eigenvalue weighted by molar-refractivity contribution is 4.78. The molecule has 3 heteroatoms. The second-order valence-electron chi connectivity index (χ2n) is 5.41. The molecule has 0 aromatic carbocycles. The van der Waals surface area contributed by atoms with E-state index in [9.17, 15) is 0 Å². The van der Waals surface area contributed by atoms with Crippen LogP contribution in [0.15, 0.2) is 0 Å². The van der Waals surface area contributed by atoms with Gasteiger partial charge in [-0.15, -0.1) is 0 Å². The molecule has 2 N–H and O–H groups in total. The predicted molar refractivity (Wildman–Crippen MR) is 68.7 cm³/mol. The van der Waals surface area contributed by atoms with Crippen LogP contribution in [0.3, 0.4) is 0 Å². The number of piperidine rings is 2. The molecular formula is C13H27N3. The number of likely N-dealkylation sites (tertiary alicyclic amines) is 1. The van der Waals surface area contributed by atoms with Crippen LogP contribution >= 0.6 is 0 Å². The minimum atomic E-state index is 0.738. The molecular weight excluding hydrogens is 198 g/mol. The van der Waals surface area contributed by atoms with E-state index in [4.69, 9.17) is 0 Å². The van der Waals surface area contributed by atoms with Gasteiger partial charge >= 0.3 is 0 Å². The van der Waals surface area contributed by atoms with E-state index in [1.165, 1.54) is 64.8 Å². The summed E-state index contributed by atoms with van der Waals surface area (Å²) in [6.07, 6.45) is 6.93. The lowest BCUT2D eigenvalue weighted by Gasteiger charge is -2.34. The maximum Gasteiger partial charge on any atom is 0.0192 e. The lowest BCUT2D eigenvalue weighted by molar-refractivity contribution is 0.177. The van der Waals surface area contributed by atoms with Crippen molar-refractivity contribution in [3.8, 4) is 0 Å². The molecule has 94 valence electrons. The Morgan fingerprint density at radius 3 is 2.81 bits per heavy atom. The quantitative estimate of drug-likeness (QED) is 0.749. The van der Waals surface area contributed by atoms with Crippen LogP contribution in [0.2, 0.25) is 0 Å². The number of hydrogen-bond acceptors (Lipinski definition) is 3. The van der Waals surface area contributed by atoms with Crippen molar-refractivity contribution in [2.45, 2.75) is 38.1 Å². The highest BCUT2D eigenvalue weighted by Gasteiger charge is 2.20. The molecule has 2 aliphatic rings. The summed E-state index contributed by atoms with van der Waals surface area (Å²) in [5, 5.41) is 6.87. The molecule has 2 heterocycles. The molecule has 0 radical (unpaired) electrons. The van der Waals surface area contributed by atoms with Gasteiger partial charge in [0.1, 0.15) is 0 Å². The number of hydrogen-bond donors (Lipinski definition) is 2. The maximum absolute atomic E-state index is 3.45. The van der Waals surface area contributed by atoms with Gasteiger partial charge in [0.05, 0.1) is 0 Å². The van der Waals surface area contributed by atoms with E-state index in [-0.39, 0.29) is 0 Å². The van der Waals surface area contributed by atoms with Gasteiger partial charge in [-0.2, -0.15) is 0 Å². The molecule has 0 saturated carbocycles. The third-order valence-electron chi connectivity index (χ3n) is 4.23. The number of nitrogens with zero attached hydrogens (tertiary/aromatic N) is 1. The summed E-state index contributed by atoms with van der Waals surface area (Å²) < 4.78 is 0. The van der Waals surface area contributed by atoms with Crippen LogP contribution in [-0.2, 0) is 0 Å². The molecule has 2 rings (SSSR count). The van der Waals surface area contributed by atoms with E-state index in [1.54, 1.807) is 0 Å². The van der Waals surface area contributed by atoms with E-state index < -0.39 is 0 Å². The predicted octanol–water partition coefficient (Wildman–Crippen LogP) is 1.06. The number of rotatable bonds is 4. The second-order valence-corrected chi connectivity index (χ2v) is 5.41. The van der Waals surface area contributed by atoms with E-state index in [1.807, 2.05) is 0 Å². The van der Waals surface area contributed by atoms with Gasteiger partial charge in [0.25, 0.3) is 0 Å². The Morgan fingerprint density at radius 2 is 2.06 bits per heavy atom. The smallest absolute Gasteiger partial charge is 0.0192 e. The van der Waals surface area contributed by atoms with Crippen LogP contribution in [0.1, 0.15) is 32.1 Å². The van der Waals surface area contributed by atoms with Crippen molar-refractivity contribution < 1.29 is 0 Å². The molecule has 1 unspecified atom stereocenters. The molecule has 0 bridgehead atoms. The van der Waals surface area contributed by atoms with Crippen molar-refractivity contribution in [2.24, 2.45) is 5.92 Å². The Morgan fingerprint density at radius 1 is 1.25 bits per heavy atom. The summed E-state index contributed by atoms with van der Waals surface area (Å²) in [5.74, 6) is 0.983. The Hall–Kier alpha value is -0.120. The normalized spacial score (nSPS) is 29.4. The fraction of sp³-hybridized carbons (Fsp3) is 1.00. The standard InChI is InChI=1S/C13H27N3/c1-14-13-3-2-9-16(11-13)10-6-12-4-7-15-8-5-12/h12-15H,2-11H2,1H3. The topological polar surface area (TPSA) is 27.3 Å². The maximum atomic E-state index is 3.45. The minimum absolute atomic E-state index is 0.738. The van der Waals surface area contributed by atoms with E-state index in [2.05, 4.69) is 22.6 Å². The van der Waals surface area contributed by atoms with Crippen molar-refractivity contribution in [3.63, 3.8) is 0 Å². The van der Waals surface area contributed by atoms with Crippen LogP contribution < -0.4 is 10.6 Å². The number of nitrogens with one attached hydrogen (secondary N) is 2. The fourth-order valence-corrected chi connectivity index (χ4v) is 3.03. The first kappa shape index (κ1) is 12.3. The lowest BCUT2D eigenvalue weighted by Crippen LogP contribution is -2.45. The summed E-state index contributed by atoms with van der Waals surface area (Å²) in [6.45, 7) is 6.39. The van der Waals surface area contributed by atoms with Crippen LogP contribution in [0.4, 0.5) is 0 Å². The van der Waals surface area contributed by atoms with Crippen molar-refractivity contribution in [3.05, 3.63) is 0 Å². The monoisotopic (exact) mass is 225 g/mol. The fourth-order valence-electron chi connectivity index (χ4n) is 3.03. The van der Waals surface area contributed by atoms with Gasteiger partial charge in [-0.1, -0.05) is 0 Å². The highest BCUT2D eigenvalue weighted by atomic mass is 15.2. The van der Waals surface area contributed by atoms with Crippen molar-refractivity contribution in [1.29, 1.82) is 0 Å². The van der Waals surface area contributed by atoms with Gasteiger partial charge in [0.15, 0.2) is 0 Å². The Balaban J connectivity index is 1.64. The SMILES string of the molecule is CNC1CCCN(CCC2CCNCC2)C1. The molecule has 2 saturated heterocycles. The third kappa shape index (κ3) is 3.72. The summed E-state index contributed by atoms with van der Waals surface area (Å²) in [4.78, 5) is 2.66.